The van der Waals surface area contributed by atoms with Gasteiger partial charge in [0.25, 0.3) is 0 Å². The monoisotopic (exact) mass is 286 g/mol. The molecule has 2 aromatic rings. The SMILES string of the molecule is CC1(C)CCCC(Nc2cc(-n3cccn3)nc(N)n2)C1. The second-order valence-corrected chi connectivity index (χ2v) is 6.52. The predicted octanol–water partition coefficient (Wildman–Crippen LogP) is 2.63. The molecule has 1 aliphatic rings. The van der Waals surface area contributed by atoms with Crippen molar-refractivity contribution in [3.05, 3.63) is 24.5 Å². The molecule has 3 N–H and O–H groups in total. The molecule has 1 saturated carbocycles. The highest BCUT2D eigenvalue weighted by atomic mass is 15.3. The van der Waals surface area contributed by atoms with E-state index in [0.29, 0.717) is 17.3 Å². The summed E-state index contributed by atoms with van der Waals surface area (Å²) in [5, 5.41) is 7.69. The van der Waals surface area contributed by atoms with E-state index in [9.17, 15) is 0 Å². The lowest BCUT2D eigenvalue weighted by Crippen LogP contribution is -2.32. The van der Waals surface area contributed by atoms with Gasteiger partial charge in [-0.25, -0.2) is 4.68 Å². The molecule has 3 rings (SSSR count). The van der Waals surface area contributed by atoms with Gasteiger partial charge in [0, 0.05) is 24.5 Å². The fourth-order valence-electron chi connectivity index (χ4n) is 3.08. The van der Waals surface area contributed by atoms with Crippen molar-refractivity contribution in [2.24, 2.45) is 5.41 Å². The maximum Gasteiger partial charge on any atom is 0.224 e. The first-order chi connectivity index (χ1) is 10.0. The first-order valence-corrected chi connectivity index (χ1v) is 7.43. The molecule has 21 heavy (non-hydrogen) atoms. The zero-order chi connectivity index (χ0) is 14.9. The van der Waals surface area contributed by atoms with Gasteiger partial charge in [-0.05, 0) is 30.7 Å². The van der Waals surface area contributed by atoms with E-state index in [4.69, 9.17) is 5.73 Å². The van der Waals surface area contributed by atoms with Crippen LogP contribution in [0.3, 0.4) is 0 Å². The highest BCUT2D eigenvalue weighted by Gasteiger charge is 2.28. The Morgan fingerprint density at radius 2 is 2.24 bits per heavy atom. The van der Waals surface area contributed by atoms with Gasteiger partial charge in [-0.2, -0.15) is 15.1 Å². The van der Waals surface area contributed by atoms with Crippen LogP contribution >= 0.6 is 0 Å². The van der Waals surface area contributed by atoms with Crippen molar-refractivity contribution in [2.45, 2.75) is 45.6 Å². The minimum Gasteiger partial charge on any atom is -0.368 e. The summed E-state index contributed by atoms with van der Waals surface area (Å²) in [7, 11) is 0. The molecule has 2 heterocycles. The van der Waals surface area contributed by atoms with Gasteiger partial charge in [0.2, 0.25) is 5.95 Å². The summed E-state index contributed by atoms with van der Waals surface area (Å²) < 4.78 is 1.69. The fraction of sp³-hybridized carbons (Fsp3) is 0.533. The Hall–Kier alpha value is -2.11. The third-order valence-electron chi connectivity index (χ3n) is 4.03. The molecule has 6 heteroatoms. The van der Waals surface area contributed by atoms with Crippen LogP contribution in [-0.2, 0) is 0 Å². The number of nitrogen functional groups attached to an aromatic ring is 1. The summed E-state index contributed by atoms with van der Waals surface area (Å²) in [4.78, 5) is 8.53. The Balaban J connectivity index is 1.79. The van der Waals surface area contributed by atoms with Gasteiger partial charge in [0.15, 0.2) is 5.82 Å². The molecule has 1 fully saturated rings. The lowest BCUT2D eigenvalue weighted by molar-refractivity contribution is 0.229. The van der Waals surface area contributed by atoms with Gasteiger partial charge in [-0.3, -0.25) is 0 Å². The van der Waals surface area contributed by atoms with Gasteiger partial charge in [-0.15, -0.1) is 0 Å². The van der Waals surface area contributed by atoms with Gasteiger partial charge < -0.3 is 11.1 Å². The van der Waals surface area contributed by atoms with E-state index in [2.05, 4.69) is 34.2 Å². The highest BCUT2D eigenvalue weighted by molar-refractivity contribution is 5.46. The van der Waals surface area contributed by atoms with Gasteiger partial charge in [-0.1, -0.05) is 20.3 Å². The highest BCUT2D eigenvalue weighted by Crippen LogP contribution is 2.36. The number of nitrogens with two attached hydrogens (primary N) is 1. The summed E-state index contributed by atoms with van der Waals surface area (Å²) in [6.45, 7) is 4.65. The van der Waals surface area contributed by atoms with E-state index in [-0.39, 0.29) is 5.95 Å². The summed E-state index contributed by atoms with van der Waals surface area (Å²) >= 11 is 0. The molecule has 1 unspecified atom stereocenters. The zero-order valence-electron chi connectivity index (χ0n) is 12.6. The van der Waals surface area contributed by atoms with Gasteiger partial charge in [0.1, 0.15) is 5.82 Å². The quantitative estimate of drug-likeness (QED) is 0.906. The topological polar surface area (TPSA) is 81.7 Å². The van der Waals surface area contributed by atoms with E-state index in [1.165, 1.54) is 19.3 Å². The second kappa shape index (κ2) is 5.35. The molecule has 0 bridgehead atoms. The Labute approximate surface area is 124 Å². The Morgan fingerprint density at radius 1 is 1.38 bits per heavy atom. The van der Waals surface area contributed by atoms with Crippen LogP contribution in [0.5, 0.6) is 0 Å². The van der Waals surface area contributed by atoms with Crippen LogP contribution in [0.4, 0.5) is 11.8 Å². The fourth-order valence-corrected chi connectivity index (χ4v) is 3.08. The van der Waals surface area contributed by atoms with Crippen molar-refractivity contribution in [3.8, 4) is 5.82 Å². The van der Waals surface area contributed by atoms with Crippen LogP contribution in [0.1, 0.15) is 39.5 Å². The molecule has 0 radical (unpaired) electrons. The van der Waals surface area contributed by atoms with Gasteiger partial charge >= 0.3 is 0 Å². The van der Waals surface area contributed by atoms with E-state index in [0.717, 1.165) is 12.2 Å². The molecular formula is C15H22N6. The molecule has 2 aromatic heterocycles. The standard InChI is InChI=1S/C15H22N6/c1-15(2)6-3-5-11(10-15)18-12-9-13(20-14(16)19-12)21-8-4-7-17-21/h4,7-9,11H,3,5-6,10H2,1-2H3,(H3,16,18,19,20). The smallest absolute Gasteiger partial charge is 0.224 e. The van der Waals surface area contributed by atoms with Crippen LogP contribution in [0.15, 0.2) is 24.5 Å². The third kappa shape index (κ3) is 3.32. The second-order valence-electron chi connectivity index (χ2n) is 6.52. The largest absolute Gasteiger partial charge is 0.368 e. The van der Waals surface area contributed by atoms with Crippen LogP contribution in [0, 0.1) is 5.41 Å². The van der Waals surface area contributed by atoms with Crippen molar-refractivity contribution in [2.75, 3.05) is 11.1 Å². The van der Waals surface area contributed by atoms with E-state index < -0.39 is 0 Å². The number of aromatic nitrogens is 4. The Bertz CT molecular complexity index is 605. The lowest BCUT2D eigenvalue weighted by atomic mass is 9.75. The van der Waals surface area contributed by atoms with Crippen LogP contribution in [0.2, 0.25) is 0 Å². The van der Waals surface area contributed by atoms with Crippen LogP contribution in [-0.4, -0.2) is 25.8 Å². The summed E-state index contributed by atoms with van der Waals surface area (Å²) in [5.41, 5.74) is 6.21. The van der Waals surface area contributed by atoms with E-state index in [1.807, 2.05) is 18.3 Å². The van der Waals surface area contributed by atoms with Crippen molar-refractivity contribution in [1.29, 1.82) is 0 Å². The third-order valence-corrected chi connectivity index (χ3v) is 4.03. The molecule has 1 atom stereocenters. The lowest BCUT2D eigenvalue weighted by Gasteiger charge is -2.35. The number of hydrogen-bond donors (Lipinski definition) is 2. The molecular weight excluding hydrogens is 264 g/mol. The molecule has 0 amide bonds. The van der Waals surface area contributed by atoms with Crippen molar-refractivity contribution in [1.82, 2.24) is 19.7 Å². The van der Waals surface area contributed by atoms with Gasteiger partial charge in [0.05, 0.1) is 0 Å². The number of hydrogen-bond acceptors (Lipinski definition) is 5. The average molecular weight is 286 g/mol. The van der Waals surface area contributed by atoms with Crippen molar-refractivity contribution >= 4 is 11.8 Å². The van der Waals surface area contributed by atoms with Crippen LogP contribution < -0.4 is 11.1 Å². The molecule has 112 valence electrons. The number of rotatable bonds is 3. The molecule has 1 aliphatic carbocycles. The maximum absolute atomic E-state index is 5.82. The summed E-state index contributed by atoms with van der Waals surface area (Å²) in [5.74, 6) is 1.72. The number of anilines is 2. The average Bonchev–Trinajstić information content (AvgIpc) is 2.90. The minimum absolute atomic E-state index is 0.264. The first-order valence-electron chi connectivity index (χ1n) is 7.43. The maximum atomic E-state index is 5.82. The summed E-state index contributed by atoms with van der Waals surface area (Å²) in [6.07, 6.45) is 8.41. The summed E-state index contributed by atoms with van der Waals surface area (Å²) in [6, 6.07) is 4.19. The number of nitrogens with one attached hydrogen (secondary N) is 1. The Morgan fingerprint density at radius 3 is 2.95 bits per heavy atom. The van der Waals surface area contributed by atoms with Crippen molar-refractivity contribution in [3.63, 3.8) is 0 Å². The van der Waals surface area contributed by atoms with E-state index >= 15 is 0 Å². The zero-order valence-corrected chi connectivity index (χ0v) is 12.6. The Kier molecular flexibility index (Phi) is 3.53. The van der Waals surface area contributed by atoms with E-state index in [1.54, 1.807) is 10.9 Å². The van der Waals surface area contributed by atoms with Crippen molar-refractivity contribution < 1.29 is 0 Å². The molecule has 0 aromatic carbocycles. The predicted molar refractivity (Wildman–Crippen MR) is 83.2 cm³/mol. The first kappa shape index (κ1) is 13.9. The molecule has 0 aliphatic heterocycles. The molecule has 0 saturated heterocycles. The van der Waals surface area contributed by atoms with Crippen LogP contribution in [0.25, 0.3) is 5.82 Å². The normalized spacial score (nSPS) is 21.1. The number of nitrogens with zero attached hydrogens (tertiary/aromatic N) is 4. The molecule has 0 spiro atoms. The molecule has 6 nitrogen and oxygen atoms in total. The minimum atomic E-state index is 0.264.